The van der Waals surface area contributed by atoms with Crippen LogP contribution in [0.25, 0.3) is 11.0 Å². The highest BCUT2D eigenvalue weighted by atomic mass is 16.2. The number of hydrogen-bond donors (Lipinski definition) is 1. The summed E-state index contributed by atoms with van der Waals surface area (Å²) in [7, 11) is 0. The molecule has 1 saturated heterocycles. The van der Waals surface area contributed by atoms with Gasteiger partial charge in [-0.15, -0.1) is 0 Å². The Morgan fingerprint density at radius 2 is 1.96 bits per heavy atom. The van der Waals surface area contributed by atoms with E-state index in [2.05, 4.69) is 9.97 Å². The van der Waals surface area contributed by atoms with E-state index < -0.39 is 0 Å². The number of pyridine rings is 1. The van der Waals surface area contributed by atoms with Crippen LogP contribution < -0.4 is 5.69 Å². The third-order valence-electron chi connectivity index (χ3n) is 5.16. The Balaban J connectivity index is 1.38. The fraction of sp³-hybridized carbons (Fsp3) is 0.350. The van der Waals surface area contributed by atoms with Crippen molar-refractivity contribution in [3.63, 3.8) is 0 Å². The first kappa shape index (κ1) is 16.6. The van der Waals surface area contributed by atoms with Crippen LogP contribution in [-0.2, 0) is 11.2 Å². The van der Waals surface area contributed by atoms with Gasteiger partial charge in [0.05, 0.1) is 11.0 Å². The zero-order valence-corrected chi connectivity index (χ0v) is 14.6. The fourth-order valence-electron chi connectivity index (χ4n) is 3.77. The van der Waals surface area contributed by atoms with E-state index in [9.17, 15) is 9.59 Å². The maximum absolute atomic E-state index is 12.5. The minimum absolute atomic E-state index is 0.0624. The Morgan fingerprint density at radius 1 is 1.15 bits per heavy atom. The normalized spacial score (nSPS) is 15.5. The van der Waals surface area contributed by atoms with Crippen molar-refractivity contribution < 1.29 is 4.79 Å². The average molecular weight is 350 g/mol. The Kier molecular flexibility index (Phi) is 4.56. The Hall–Kier alpha value is -2.89. The average Bonchev–Trinajstić information content (AvgIpc) is 3.03. The number of likely N-dealkylation sites (tertiary alicyclic amines) is 1. The minimum Gasteiger partial charge on any atom is -0.343 e. The Bertz CT molecular complexity index is 953. The summed E-state index contributed by atoms with van der Waals surface area (Å²) in [6.07, 6.45) is 6.38. The van der Waals surface area contributed by atoms with Crippen LogP contribution in [0.3, 0.4) is 0 Å². The molecule has 6 heteroatoms. The largest absolute Gasteiger partial charge is 0.343 e. The van der Waals surface area contributed by atoms with Gasteiger partial charge in [0.2, 0.25) is 5.91 Å². The number of nitrogens with one attached hydrogen (secondary N) is 1. The van der Waals surface area contributed by atoms with Gasteiger partial charge in [0.25, 0.3) is 0 Å². The molecule has 1 fully saturated rings. The highest BCUT2D eigenvalue weighted by Crippen LogP contribution is 2.25. The van der Waals surface area contributed by atoms with Crippen LogP contribution in [0.1, 0.15) is 30.9 Å². The summed E-state index contributed by atoms with van der Waals surface area (Å²) >= 11 is 0. The fourth-order valence-corrected chi connectivity index (χ4v) is 3.77. The minimum atomic E-state index is -0.0624. The molecule has 0 unspecified atom stereocenters. The first-order chi connectivity index (χ1) is 12.7. The molecule has 26 heavy (non-hydrogen) atoms. The number of carbonyl (C=O) groups excluding carboxylic acids is 1. The zero-order chi connectivity index (χ0) is 17.9. The molecule has 3 aromatic rings. The van der Waals surface area contributed by atoms with Crippen molar-refractivity contribution in [3.8, 4) is 0 Å². The van der Waals surface area contributed by atoms with Crippen molar-refractivity contribution in [1.29, 1.82) is 0 Å². The monoisotopic (exact) mass is 350 g/mol. The molecule has 0 atom stereocenters. The number of aromatic nitrogens is 3. The number of carbonyl (C=O) groups is 1. The van der Waals surface area contributed by atoms with Gasteiger partial charge in [-0.3, -0.25) is 14.3 Å². The second-order valence-corrected chi connectivity index (χ2v) is 6.79. The van der Waals surface area contributed by atoms with Crippen LogP contribution in [-0.4, -0.2) is 38.4 Å². The van der Waals surface area contributed by atoms with Crippen LogP contribution in [0.15, 0.2) is 53.6 Å². The number of aromatic amines is 1. The summed E-state index contributed by atoms with van der Waals surface area (Å²) in [4.78, 5) is 33.7. The van der Waals surface area contributed by atoms with Crippen molar-refractivity contribution in [1.82, 2.24) is 19.4 Å². The SMILES string of the molecule is O=C(CCc1cccnc1)N1CCC(n2c(=O)[nH]c3ccccc32)CC1. The van der Waals surface area contributed by atoms with Crippen LogP contribution in [0, 0.1) is 0 Å². The van der Waals surface area contributed by atoms with Gasteiger partial charge >= 0.3 is 5.69 Å². The number of H-pyrrole nitrogens is 1. The molecule has 1 N–H and O–H groups in total. The molecule has 1 aliphatic heterocycles. The van der Waals surface area contributed by atoms with E-state index in [0.29, 0.717) is 25.9 Å². The number of benzene rings is 1. The predicted octanol–water partition coefficient (Wildman–Crippen LogP) is 2.52. The Labute approximate surface area is 151 Å². The molecule has 3 heterocycles. The summed E-state index contributed by atoms with van der Waals surface area (Å²) < 4.78 is 1.85. The second kappa shape index (κ2) is 7.15. The summed E-state index contributed by atoms with van der Waals surface area (Å²) in [6.45, 7) is 1.39. The van der Waals surface area contributed by atoms with Gasteiger partial charge in [0.15, 0.2) is 0 Å². The lowest BCUT2D eigenvalue weighted by Gasteiger charge is -2.32. The maximum atomic E-state index is 12.5. The first-order valence-electron chi connectivity index (χ1n) is 9.08. The number of para-hydroxylation sites is 2. The molecular weight excluding hydrogens is 328 g/mol. The molecule has 1 amide bonds. The maximum Gasteiger partial charge on any atom is 0.326 e. The van der Waals surface area contributed by atoms with Crippen molar-refractivity contribution in [2.75, 3.05) is 13.1 Å². The number of aryl methyl sites for hydroxylation is 1. The van der Waals surface area contributed by atoms with Gasteiger partial charge in [-0.1, -0.05) is 18.2 Å². The second-order valence-electron chi connectivity index (χ2n) is 6.79. The summed E-state index contributed by atoms with van der Waals surface area (Å²) in [5.41, 5.74) is 2.83. The van der Waals surface area contributed by atoms with Crippen LogP contribution in [0.4, 0.5) is 0 Å². The third kappa shape index (κ3) is 3.27. The Morgan fingerprint density at radius 3 is 2.73 bits per heavy atom. The topological polar surface area (TPSA) is 71.0 Å². The summed E-state index contributed by atoms with van der Waals surface area (Å²) in [5.74, 6) is 0.179. The van der Waals surface area contributed by atoms with Crippen molar-refractivity contribution in [2.24, 2.45) is 0 Å². The highest BCUT2D eigenvalue weighted by Gasteiger charge is 2.25. The van der Waals surface area contributed by atoms with Gasteiger partial charge in [-0.2, -0.15) is 0 Å². The molecule has 0 saturated carbocycles. The van der Waals surface area contributed by atoms with Gasteiger partial charge in [0.1, 0.15) is 0 Å². The van der Waals surface area contributed by atoms with E-state index in [-0.39, 0.29) is 17.6 Å². The lowest BCUT2D eigenvalue weighted by molar-refractivity contribution is -0.132. The van der Waals surface area contributed by atoms with Crippen molar-refractivity contribution >= 4 is 16.9 Å². The van der Waals surface area contributed by atoms with Crippen LogP contribution in [0.5, 0.6) is 0 Å². The zero-order valence-electron chi connectivity index (χ0n) is 14.6. The molecule has 0 spiro atoms. The molecule has 2 aromatic heterocycles. The highest BCUT2D eigenvalue weighted by molar-refractivity contribution is 5.77. The van der Waals surface area contributed by atoms with E-state index >= 15 is 0 Å². The molecular formula is C20H22N4O2. The molecule has 6 nitrogen and oxygen atoms in total. The molecule has 134 valence electrons. The van der Waals surface area contributed by atoms with Gasteiger partial charge in [0, 0.05) is 37.9 Å². The summed E-state index contributed by atoms with van der Waals surface area (Å²) in [6, 6.07) is 11.8. The van der Waals surface area contributed by atoms with Gasteiger partial charge < -0.3 is 9.88 Å². The number of imidazole rings is 1. The molecule has 1 aromatic carbocycles. The number of rotatable bonds is 4. The van der Waals surface area contributed by atoms with E-state index in [1.165, 1.54) is 0 Å². The smallest absolute Gasteiger partial charge is 0.326 e. The first-order valence-corrected chi connectivity index (χ1v) is 9.08. The van der Waals surface area contributed by atoms with Gasteiger partial charge in [-0.05, 0) is 43.0 Å². The summed E-state index contributed by atoms with van der Waals surface area (Å²) in [5, 5.41) is 0. The lowest BCUT2D eigenvalue weighted by atomic mass is 10.0. The predicted molar refractivity (Wildman–Crippen MR) is 100.0 cm³/mol. The van der Waals surface area contributed by atoms with E-state index in [1.807, 2.05) is 52.1 Å². The van der Waals surface area contributed by atoms with Gasteiger partial charge in [-0.25, -0.2) is 4.79 Å². The molecule has 1 aliphatic rings. The molecule has 0 bridgehead atoms. The van der Waals surface area contributed by atoms with E-state index in [4.69, 9.17) is 0 Å². The number of piperidine rings is 1. The standard InChI is InChI=1S/C20H22N4O2/c25-19(8-7-15-4-3-11-21-14-15)23-12-9-16(10-13-23)24-18-6-2-1-5-17(18)22-20(24)26/h1-6,11,14,16H,7-10,12-13H2,(H,22,26). The number of nitrogens with zero attached hydrogens (tertiary/aromatic N) is 3. The molecule has 4 rings (SSSR count). The molecule has 0 radical (unpaired) electrons. The van der Waals surface area contributed by atoms with E-state index in [1.54, 1.807) is 6.20 Å². The van der Waals surface area contributed by atoms with E-state index in [0.717, 1.165) is 29.4 Å². The number of hydrogen-bond acceptors (Lipinski definition) is 3. The quantitative estimate of drug-likeness (QED) is 0.786. The van der Waals surface area contributed by atoms with Crippen LogP contribution in [0.2, 0.25) is 0 Å². The van der Waals surface area contributed by atoms with Crippen LogP contribution >= 0.6 is 0 Å². The van der Waals surface area contributed by atoms with Crippen molar-refractivity contribution in [2.45, 2.75) is 31.7 Å². The number of amides is 1. The number of fused-ring (bicyclic) bond motifs is 1. The third-order valence-corrected chi connectivity index (χ3v) is 5.16. The van der Waals surface area contributed by atoms with Crippen molar-refractivity contribution in [3.05, 3.63) is 64.8 Å². The molecule has 0 aliphatic carbocycles. The lowest BCUT2D eigenvalue weighted by Crippen LogP contribution is -2.40.